The number of pyridine rings is 1. The highest BCUT2D eigenvalue weighted by molar-refractivity contribution is 5.93. The van der Waals surface area contributed by atoms with Crippen LogP contribution in [-0.2, 0) is 6.54 Å². The van der Waals surface area contributed by atoms with Gasteiger partial charge in [-0.1, -0.05) is 30.3 Å². The number of piperidine rings is 1. The van der Waals surface area contributed by atoms with Crippen LogP contribution >= 0.6 is 0 Å². The lowest BCUT2D eigenvalue weighted by Gasteiger charge is -2.36. The van der Waals surface area contributed by atoms with E-state index in [-0.39, 0.29) is 12.0 Å². The summed E-state index contributed by atoms with van der Waals surface area (Å²) in [6.45, 7) is 0.428. The summed E-state index contributed by atoms with van der Waals surface area (Å²) in [5.41, 5.74) is 1.50. The summed E-state index contributed by atoms with van der Waals surface area (Å²) in [5.74, 6) is 1.86. The number of para-hydroxylation sites is 1. The smallest absolute Gasteiger partial charge is 0.253 e. The van der Waals surface area contributed by atoms with Crippen molar-refractivity contribution in [2.75, 3.05) is 7.05 Å². The van der Waals surface area contributed by atoms with Crippen molar-refractivity contribution in [1.29, 1.82) is 0 Å². The highest BCUT2D eigenvalue weighted by Crippen LogP contribution is 2.36. The number of amides is 1. The summed E-state index contributed by atoms with van der Waals surface area (Å²) in [6, 6.07) is 22.2. The van der Waals surface area contributed by atoms with Crippen molar-refractivity contribution < 1.29 is 14.3 Å². The van der Waals surface area contributed by atoms with E-state index in [1.165, 1.54) is 19.0 Å². The summed E-state index contributed by atoms with van der Waals surface area (Å²) in [7, 11) is 2.24. The van der Waals surface area contributed by atoms with Crippen LogP contribution in [0.1, 0.15) is 41.6 Å². The summed E-state index contributed by atoms with van der Waals surface area (Å²) in [6.07, 6.45) is 6.53. The van der Waals surface area contributed by atoms with Crippen LogP contribution in [0.3, 0.4) is 0 Å². The van der Waals surface area contributed by atoms with Gasteiger partial charge < -0.3 is 19.7 Å². The Balaban J connectivity index is 1.14. The quantitative estimate of drug-likeness (QED) is 0.568. The van der Waals surface area contributed by atoms with Crippen LogP contribution in [0.25, 0.3) is 0 Å². The van der Waals surface area contributed by atoms with Crippen LogP contribution in [0.2, 0.25) is 0 Å². The zero-order valence-corrected chi connectivity index (χ0v) is 18.8. The van der Waals surface area contributed by atoms with E-state index in [9.17, 15) is 4.79 Å². The van der Waals surface area contributed by atoms with Crippen LogP contribution < -0.4 is 14.8 Å². The minimum Gasteiger partial charge on any atom is -0.490 e. The summed E-state index contributed by atoms with van der Waals surface area (Å²) in [5, 5.41) is 2.96. The van der Waals surface area contributed by atoms with Crippen LogP contribution in [0, 0.1) is 0 Å². The fourth-order valence-electron chi connectivity index (χ4n) is 4.85. The monoisotopic (exact) mass is 443 g/mol. The third-order valence-corrected chi connectivity index (χ3v) is 6.67. The molecule has 2 bridgehead atoms. The SMILES string of the molecule is CN1C2CCC1CC(Oc1cccc(CNC(=O)c3ccc(Oc4ccccc4)nc3)c1)C2. The number of hydrogen-bond donors (Lipinski definition) is 1. The van der Waals surface area contributed by atoms with E-state index in [1.807, 2.05) is 54.6 Å². The number of carbonyl (C=O) groups is 1. The van der Waals surface area contributed by atoms with Crippen molar-refractivity contribution in [3.63, 3.8) is 0 Å². The molecule has 3 aromatic rings. The molecule has 33 heavy (non-hydrogen) atoms. The first-order valence-electron chi connectivity index (χ1n) is 11.6. The average molecular weight is 444 g/mol. The second-order valence-electron chi connectivity index (χ2n) is 8.89. The molecule has 0 radical (unpaired) electrons. The van der Waals surface area contributed by atoms with Gasteiger partial charge in [0.05, 0.1) is 5.56 Å². The third-order valence-electron chi connectivity index (χ3n) is 6.67. The number of hydrogen-bond acceptors (Lipinski definition) is 5. The maximum absolute atomic E-state index is 12.6. The van der Waals surface area contributed by atoms with Gasteiger partial charge in [-0.05, 0) is 68.6 Å². The van der Waals surface area contributed by atoms with E-state index in [0.29, 0.717) is 35.8 Å². The Bertz CT molecular complexity index is 1070. The Morgan fingerprint density at radius 2 is 1.76 bits per heavy atom. The Hall–Kier alpha value is -3.38. The first-order chi connectivity index (χ1) is 16.1. The van der Waals surface area contributed by atoms with E-state index in [0.717, 1.165) is 24.2 Å². The van der Waals surface area contributed by atoms with Crippen LogP contribution in [0.15, 0.2) is 72.9 Å². The van der Waals surface area contributed by atoms with Gasteiger partial charge in [-0.2, -0.15) is 0 Å². The molecule has 5 rings (SSSR count). The molecule has 6 heteroatoms. The number of ether oxygens (including phenoxy) is 2. The predicted octanol–water partition coefficient (Wildman–Crippen LogP) is 4.81. The predicted molar refractivity (Wildman–Crippen MR) is 127 cm³/mol. The molecular formula is C27H29N3O3. The Kier molecular flexibility index (Phi) is 6.26. The lowest BCUT2D eigenvalue weighted by atomic mass is 10.0. The van der Waals surface area contributed by atoms with Gasteiger partial charge in [0.1, 0.15) is 17.6 Å². The maximum Gasteiger partial charge on any atom is 0.253 e. The first kappa shape index (κ1) is 21.5. The van der Waals surface area contributed by atoms with Crippen molar-refractivity contribution in [1.82, 2.24) is 15.2 Å². The van der Waals surface area contributed by atoms with Gasteiger partial charge >= 0.3 is 0 Å². The van der Waals surface area contributed by atoms with Gasteiger partial charge in [0.25, 0.3) is 5.91 Å². The maximum atomic E-state index is 12.6. The zero-order chi connectivity index (χ0) is 22.6. The third kappa shape index (κ3) is 5.17. The second kappa shape index (κ2) is 9.63. The van der Waals surface area contributed by atoms with Gasteiger partial charge in [-0.3, -0.25) is 4.79 Å². The molecule has 3 heterocycles. The highest BCUT2D eigenvalue weighted by atomic mass is 16.5. The van der Waals surface area contributed by atoms with Crippen LogP contribution in [0.4, 0.5) is 0 Å². The molecule has 170 valence electrons. The fourth-order valence-corrected chi connectivity index (χ4v) is 4.85. The largest absolute Gasteiger partial charge is 0.490 e. The molecule has 2 aliphatic rings. The molecule has 1 amide bonds. The second-order valence-corrected chi connectivity index (χ2v) is 8.89. The zero-order valence-electron chi connectivity index (χ0n) is 18.8. The highest BCUT2D eigenvalue weighted by Gasteiger charge is 2.39. The summed E-state index contributed by atoms with van der Waals surface area (Å²) < 4.78 is 12.0. The number of rotatable bonds is 7. The normalized spacial score (nSPS) is 22.0. The number of aromatic nitrogens is 1. The molecule has 2 aliphatic heterocycles. The lowest BCUT2D eigenvalue weighted by Crippen LogP contribution is -2.43. The van der Waals surface area contributed by atoms with E-state index in [2.05, 4.69) is 22.2 Å². The van der Waals surface area contributed by atoms with Crippen molar-refractivity contribution >= 4 is 5.91 Å². The van der Waals surface area contributed by atoms with Gasteiger partial charge in [-0.25, -0.2) is 4.98 Å². The minimum atomic E-state index is -0.174. The number of nitrogens with one attached hydrogen (secondary N) is 1. The molecule has 0 saturated carbocycles. The van der Waals surface area contributed by atoms with Crippen molar-refractivity contribution in [3.8, 4) is 17.4 Å². The molecule has 0 spiro atoms. The number of nitrogens with zero attached hydrogens (tertiary/aromatic N) is 2. The van der Waals surface area contributed by atoms with Crippen molar-refractivity contribution in [3.05, 3.63) is 84.1 Å². The average Bonchev–Trinajstić information content (AvgIpc) is 3.04. The number of fused-ring (bicyclic) bond motifs is 2. The van der Waals surface area contributed by atoms with E-state index in [4.69, 9.17) is 9.47 Å². The summed E-state index contributed by atoms with van der Waals surface area (Å²) >= 11 is 0. The van der Waals surface area contributed by atoms with Gasteiger partial charge in [0, 0.05) is 30.9 Å². The standard InChI is InChI=1S/C27H29N3O3/c1-30-21-11-12-22(30)16-25(15-21)32-24-9-5-6-19(14-24)17-29-27(31)20-10-13-26(28-18-20)33-23-7-3-2-4-8-23/h2-10,13-14,18,21-22,25H,11-12,15-17H2,1H3,(H,29,31). The number of benzene rings is 2. The van der Waals surface area contributed by atoms with Crippen molar-refractivity contribution in [2.24, 2.45) is 0 Å². The molecule has 2 fully saturated rings. The van der Waals surface area contributed by atoms with Crippen LogP contribution in [-0.4, -0.2) is 41.0 Å². The van der Waals surface area contributed by atoms with Gasteiger partial charge in [-0.15, -0.1) is 0 Å². The molecule has 1 N–H and O–H groups in total. The first-order valence-corrected chi connectivity index (χ1v) is 11.6. The topological polar surface area (TPSA) is 63.7 Å². The Labute approximate surface area is 194 Å². The molecule has 1 aromatic heterocycles. The van der Waals surface area contributed by atoms with E-state index < -0.39 is 0 Å². The fraction of sp³-hybridized carbons (Fsp3) is 0.333. The molecule has 2 saturated heterocycles. The lowest BCUT2D eigenvalue weighted by molar-refractivity contribution is 0.0661. The summed E-state index contributed by atoms with van der Waals surface area (Å²) in [4.78, 5) is 19.3. The van der Waals surface area contributed by atoms with E-state index >= 15 is 0 Å². The molecule has 2 aromatic carbocycles. The molecule has 2 atom stereocenters. The van der Waals surface area contributed by atoms with Gasteiger partial charge in [0.15, 0.2) is 0 Å². The van der Waals surface area contributed by atoms with Gasteiger partial charge in [0.2, 0.25) is 5.88 Å². The molecule has 0 aliphatic carbocycles. The molecular weight excluding hydrogens is 414 g/mol. The van der Waals surface area contributed by atoms with Crippen molar-refractivity contribution in [2.45, 2.75) is 50.4 Å². The van der Waals surface area contributed by atoms with Crippen LogP contribution in [0.5, 0.6) is 17.4 Å². The molecule has 2 unspecified atom stereocenters. The Morgan fingerprint density at radius 3 is 2.48 bits per heavy atom. The minimum absolute atomic E-state index is 0.174. The molecule has 6 nitrogen and oxygen atoms in total. The Morgan fingerprint density at radius 1 is 1.00 bits per heavy atom. The number of carbonyl (C=O) groups excluding carboxylic acids is 1. The van der Waals surface area contributed by atoms with E-state index in [1.54, 1.807) is 12.1 Å².